The monoisotopic (exact) mass is 287 g/mol. The van der Waals surface area contributed by atoms with E-state index < -0.39 is 0 Å². The van der Waals surface area contributed by atoms with Crippen molar-refractivity contribution in [1.82, 2.24) is 5.32 Å². The Hall–Kier alpha value is -0.820. The average Bonchev–Trinajstić information content (AvgIpc) is 2.71. The van der Waals surface area contributed by atoms with Gasteiger partial charge >= 0.3 is 0 Å². The molecule has 0 radical (unpaired) electrons. The molecule has 1 fully saturated rings. The summed E-state index contributed by atoms with van der Waals surface area (Å²) < 4.78 is 0. The second kappa shape index (κ2) is 7.45. The molecule has 1 aromatic carbocycles. The topological polar surface area (TPSA) is 12.0 Å². The molecule has 2 rings (SSSR count). The van der Waals surface area contributed by atoms with E-state index in [9.17, 15) is 0 Å². The summed E-state index contributed by atoms with van der Waals surface area (Å²) in [7, 11) is 0. The van der Waals surface area contributed by atoms with Gasteiger partial charge < -0.3 is 5.32 Å². The number of hydrogen-bond acceptors (Lipinski definition) is 1. The van der Waals surface area contributed by atoms with Crippen LogP contribution in [0.15, 0.2) is 30.3 Å². The van der Waals surface area contributed by atoms with Crippen LogP contribution in [0.4, 0.5) is 0 Å². The largest absolute Gasteiger partial charge is 0.307 e. The Labute approximate surface area is 131 Å². The number of benzene rings is 1. The quantitative estimate of drug-likeness (QED) is 0.698. The van der Waals surface area contributed by atoms with E-state index in [4.69, 9.17) is 0 Å². The van der Waals surface area contributed by atoms with Crippen LogP contribution >= 0.6 is 0 Å². The van der Waals surface area contributed by atoms with Crippen molar-refractivity contribution in [3.63, 3.8) is 0 Å². The van der Waals surface area contributed by atoms with Crippen molar-refractivity contribution in [2.45, 2.75) is 78.3 Å². The second-order valence-electron chi connectivity index (χ2n) is 7.81. The van der Waals surface area contributed by atoms with E-state index in [1.54, 1.807) is 0 Å². The molecule has 0 aromatic heterocycles. The lowest BCUT2D eigenvalue weighted by Crippen LogP contribution is -2.32. The van der Waals surface area contributed by atoms with Crippen molar-refractivity contribution in [1.29, 1.82) is 0 Å². The van der Waals surface area contributed by atoms with E-state index in [2.05, 4.69) is 63.3 Å². The fourth-order valence-corrected chi connectivity index (χ4v) is 3.75. The number of rotatable bonds is 4. The van der Waals surface area contributed by atoms with E-state index in [-0.39, 0.29) is 0 Å². The maximum Gasteiger partial charge on any atom is 0.0320 e. The molecule has 1 heteroatoms. The first kappa shape index (κ1) is 16.5. The van der Waals surface area contributed by atoms with Crippen LogP contribution in [0.2, 0.25) is 0 Å². The van der Waals surface area contributed by atoms with Crippen LogP contribution in [0, 0.1) is 11.3 Å². The average molecular weight is 287 g/mol. The Bertz CT molecular complexity index is 404. The first-order valence-corrected chi connectivity index (χ1v) is 8.81. The molecule has 1 aromatic rings. The Balaban J connectivity index is 1.93. The molecule has 0 bridgehead atoms. The fourth-order valence-electron chi connectivity index (χ4n) is 3.75. The van der Waals surface area contributed by atoms with Crippen LogP contribution in [-0.4, -0.2) is 6.04 Å². The molecule has 0 aliphatic heterocycles. The van der Waals surface area contributed by atoms with Crippen molar-refractivity contribution in [2.24, 2.45) is 11.3 Å². The highest BCUT2D eigenvalue weighted by molar-refractivity contribution is 5.18. The summed E-state index contributed by atoms with van der Waals surface area (Å²) in [5.74, 6) is 0.890. The first-order valence-electron chi connectivity index (χ1n) is 8.81. The SMILES string of the molecule is CCC(NC1CCCC(C(C)(C)C)CC1)c1ccccc1. The second-order valence-corrected chi connectivity index (χ2v) is 7.81. The summed E-state index contributed by atoms with van der Waals surface area (Å²) >= 11 is 0. The van der Waals surface area contributed by atoms with Crippen LogP contribution in [0.3, 0.4) is 0 Å². The molecule has 1 saturated carbocycles. The van der Waals surface area contributed by atoms with Crippen molar-refractivity contribution < 1.29 is 0 Å². The molecular weight excluding hydrogens is 254 g/mol. The fraction of sp³-hybridized carbons (Fsp3) is 0.700. The van der Waals surface area contributed by atoms with E-state index >= 15 is 0 Å². The molecule has 0 saturated heterocycles. The molecule has 3 atom stereocenters. The van der Waals surface area contributed by atoms with Crippen molar-refractivity contribution >= 4 is 0 Å². The predicted octanol–water partition coefficient (Wildman–Crippen LogP) is 5.72. The molecule has 118 valence electrons. The molecule has 0 heterocycles. The van der Waals surface area contributed by atoms with Gasteiger partial charge in [-0.3, -0.25) is 0 Å². The van der Waals surface area contributed by atoms with Crippen LogP contribution in [-0.2, 0) is 0 Å². The highest BCUT2D eigenvalue weighted by atomic mass is 14.9. The Kier molecular flexibility index (Phi) is 5.87. The van der Waals surface area contributed by atoms with Gasteiger partial charge in [-0.25, -0.2) is 0 Å². The van der Waals surface area contributed by atoms with E-state index in [1.807, 2.05) is 0 Å². The van der Waals surface area contributed by atoms with Crippen LogP contribution in [0.5, 0.6) is 0 Å². The molecular formula is C20H33N. The Morgan fingerprint density at radius 3 is 2.38 bits per heavy atom. The van der Waals surface area contributed by atoms with Crippen molar-refractivity contribution in [3.05, 3.63) is 35.9 Å². The highest BCUT2D eigenvalue weighted by Crippen LogP contribution is 2.37. The van der Waals surface area contributed by atoms with Gasteiger partial charge in [0.25, 0.3) is 0 Å². The van der Waals surface area contributed by atoms with Crippen LogP contribution < -0.4 is 5.32 Å². The van der Waals surface area contributed by atoms with Gasteiger partial charge in [0.1, 0.15) is 0 Å². The van der Waals surface area contributed by atoms with Gasteiger partial charge in [-0.15, -0.1) is 0 Å². The molecule has 1 aliphatic rings. The summed E-state index contributed by atoms with van der Waals surface area (Å²) in [4.78, 5) is 0. The molecule has 21 heavy (non-hydrogen) atoms. The molecule has 3 unspecified atom stereocenters. The van der Waals surface area contributed by atoms with Crippen LogP contribution in [0.1, 0.15) is 77.8 Å². The first-order chi connectivity index (χ1) is 10.0. The van der Waals surface area contributed by atoms with Gasteiger partial charge in [-0.1, -0.05) is 64.4 Å². The van der Waals surface area contributed by atoms with Gasteiger partial charge in [0.05, 0.1) is 0 Å². The minimum absolute atomic E-state index is 0.471. The molecule has 1 aliphatic carbocycles. The summed E-state index contributed by atoms with van der Waals surface area (Å²) in [5.41, 5.74) is 1.91. The maximum atomic E-state index is 3.93. The van der Waals surface area contributed by atoms with E-state index in [0.29, 0.717) is 17.5 Å². The van der Waals surface area contributed by atoms with Gasteiger partial charge in [-0.2, -0.15) is 0 Å². The molecule has 0 spiro atoms. The third-order valence-electron chi connectivity index (χ3n) is 5.24. The van der Waals surface area contributed by atoms with Crippen LogP contribution in [0.25, 0.3) is 0 Å². The van der Waals surface area contributed by atoms with Gasteiger partial charge in [0, 0.05) is 12.1 Å². The van der Waals surface area contributed by atoms with E-state index in [0.717, 1.165) is 5.92 Å². The normalized spacial score (nSPS) is 25.3. The van der Waals surface area contributed by atoms with Gasteiger partial charge in [0.15, 0.2) is 0 Å². The summed E-state index contributed by atoms with van der Waals surface area (Å²) in [5, 5.41) is 3.93. The zero-order valence-corrected chi connectivity index (χ0v) is 14.4. The number of hydrogen-bond donors (Lipinski definition) is 1. The summed E-state index contributed by atoms with van der Waals surface area (Å²) in [6, 6.07) is 12.1. The van der Waals surface area contributed by atoms with E-state index in [1.165, 1.54) is 44.1 Å². The standard InChI is InChI=1S/C20H33N/c1-5-19(16-10-7-6-8-11-16)21-18-13-9-12-17(14-15-18)20(2,3)4/h6-8,10-11,17-19,21H,5,9,12-15H2,1-4H3. The molecule has 0 amide bonds. The minimum atomic E-state index is 0.471. The van der Waals surface area contributed by atoms with Gasteiger partial charge in [0.2, 0.25) is 0 Å². The van der Waals surface area contributed by atoms with Crippen molar-refractivity contribution in [2.75, 3.05) is 0 Å². The minimum Gasteiger partial charge on any atom is -0.307 e. The Morgan fingerprint density at radius 1 is 1.05 bits per heavy atom. The zero-order chi connectivity index (χ0) is 15.3. The third kappa shape index (κ3) is 4.85. The van der Waals surface area contributed by atoms with Crippen molar-refractivity contribution in [3.8, 4) is 0 Å². The highest BCUT2D eigenvalue weighted by Gasteiger charge is 2.28. The predicted molar refractivity (Wildman–Crippen MR) is 92.4 cm³/mol. The lowest BCUT2D eigenvalue weighted by atomic mass is 9.76. The third-order valence-corrected chi connectivity index (χ3v) is 5.24. The lowest BCUT2D eigenvalue weighted by molar-refractivity contribution is 0.213. The lowest BCUT2D eigenvalue weighted by Gasteiger charge is -2.30. The zero-order valence-electron chi connectivity index (χ0n) is 14.4. The summed E-state index contributed by atoms with van der Waals surface area (Å²) in [6.07, 6.45) is 8.02. The molecule has 1 N–H and O–H groups in total. The maximum absolute atomic E-state index is 3.93. The smallest absolute Gasteiger partial charge is 0.0320 e. The van der Waals surface area contributed by atoms with Gasteiger partial charge in [-0.05, 0) is 49.0 Å². The Morgan fingerprint density at radius 2 is 1.76 bits per heavy atom. The number of nitrogens with one attached hydrogen (secondary N) is 1. The summed E-state index contributed by atoms with van der Waals surface area (Å²) in [6.45, 7) is 9.51. The molecule has 1 nitrogen and oxygen atoms in total.